The maximum absolute atomic E-state index is 11.5. The third-order valence-corrected chi connectivity index (χ3v) is 2.85. The van der Waals surface area contributed by atoms with Crippen molar-refractivity contribution in [1.82, 2.24) is 0 Å². The van der Waals surface area contributed by atoms with Crippen LogP contribution in [0.4, 0.5) is 0 Å². The minimum Gasteiger partial charge on any atom is -0.458 e. The maximum Gasteiger partial charge on any atom is 0.302 e. The van der Waals surface area contributed by atoms with E-state index in [0.29, 0.717) is 5.56 Å². The van der Waals surface area contributed by atoms with Crippen LogP contribution in [0.25, 0.3) is 0 Å². The van der Waals surface area contributed by atoms with Crippen molar-refractivity contribution >= 4 is 11.9 Å². The number of carbonyl (C=O) groups excluding carboxylic acids is 2. The summed E-state index contributed by atoms with van der Waals surface area (Å²) in [6, 6.07) is 8.73. The van der Waals surface area contributed by atoms with Crippen molar-refractivity contribution < 1.29 is 24.0 Å². The van der Waals surface area contributed by atoms with Crippen molar-refractivity contribution in [2.24, 2.45) is 0 Å². The van der Waals surface area contributed by atoms with Crippen molar-refractivity contribution in [3.05, 3.63) is 46.0 Å². The van der Waals surface area contributed by atoms with Crippen LogP contribution >= 0.6 is 0 Å². The molecule has 0 aliphatic heterocycles. The summed E-state index contributed by atoms with van der Waals surface area (Å²) in [6.45, 7) is 1.41. The highest BCUT2D eigenvalue weighted by Crippen LogP contribution is 2.19. The Balaban J connectivity index is 3.00. The molecule has 0 heterocycles. The molecule has 0 fully saturated rings. The zero-order chi connectivity index (χ0) is 15.9. The summed E-state index contributed by atoms with van der Waals surface area (Å²) in [4.78, 5) is 32.8. The summed E-state index contributed by atoms with van der Waals surface area (Å²) < 4.78 is 9.60. The van der Waals surface area contributed by atoms with E-state index in [2.05, 4.69) is 0 Å². The highest BCUT2D eigenvalue weighted by Gasteiger charge is 2.46. The van der Waals surface area contributed by atoms with Gasteiger partial charge in [-0.05, 0) is 5.56 Å². The van der Waals surface area contributed by atoms with E-state index in [1.165, 1.54) is 13.8 Å². The molecule has 0 amide bonds. The molecule has 0 saturated carbocycles. The number of nitrogens with zero attached hydrogens (tertiary/aromatic N) is 1. The molecule has 7 heteroatoms. The van der Waals surface area contributed by atoms with Crippen LogP contribution in [-0.2, 0) is 25.5 Å². The fourth-order valence-corrected chi connectivity index (χ4v) is 1.76. The van der Waals surface area contributed by atoms with Crippen LogP contribution in [0.15, 0.2) is 30.3 Å². The van der Waals surface area contributed by atoms with Crippen LogP contribution in [0.3, 0.4) is 0 Å². The molecule has 0 bridgehead atoms. The van der Waals surface area contributed by atoms with E-state index in [9.17, 15) is 19.7 Å². The van der Waals surface area contributed by atoms with E-state index in [-0.39, 0.29) is 6.42 Å². The van der Waals surface area contributed by atoms with Crippen LogP contribution in [-0.4, -0.2) is 35.6 Å². The van der Waals surface area contributed by atoms with Gasteiger partial charge in [-0.3, -0.25) is 19.7 Å². The predicted octanol–water partition coefficient (Wildman–Crippen LogP) is 1.37. The topological polar surface area (TPSA) is 95.7 Å². The molecule has 0 saturated heterocycles. The Labute approximate surface area is 122 Å². The summed E-state index contributed by atoms with van der Waals surface area (Å²) in [6.07, 6.45) is -0.0125. The van der Waals surface area contributed by atoms with Crippen LogP contribution in [0.2, 0.25) is 0 Å². The van der Waals surface area contributed by atoms with Crippen LogP contribution in [0, 0.1) is 10.1 Å². The van der Waals surface area contributed by atoms with E-state index < -0.39 is 35.6 Å². The minimum atomic E-state index is -1.70. The summed E-state index contributed by atoms with van der Waals surface area (Å²) in [5.74, 6) is -1.26. The summed E-state index contributed by atoms with van der Waals surface area (Å²) in [5.41, 5.74) is -1.01. The van der Waals surface area contributed by atoms with E-state index in [0.717, 1.165) is 0 Å². The second kappa shape index (κ2) is 7.37. The third kappa shape index (κ3) is 5.21. The average Bonchev–Trinajstić information content (AvgIpc) is 2.42. The lowest BCUT2D eigenvalue weighted by molar-refractivity contribution is -0.576. The van der Waals surface area contributed by atoms with Crippen molar-refractivity contribution in [2.75, 3.05) is 13.2 Å². The molecule has 21 heavy (non-hydrogen) atoms. The number of carbonyl (C=O) groups is 2. The third-order valence-electron chi connectivity index (χ3n) is 2.85. The van der Waals surface area contributed by atoms with Gasteiger partial charge in [0.2, 0.25) is 0 Å². The molecule has 114 valence electrons. The first-order valence-corrected chi connectivity index (χ1v) is 6.31. The Morgan fingerprint density at radius 2 is 1.57 bits per heavy atom. The molecule has 1 rings (SSSR count). The van der Waals surface area contributed by atoms with E-state index >= 15 is 0 Å². The molecule has 0 atom stereocenters. The normalized spacial score (nSPS) is 10.8. The van der Waals surface area contributed by atoms with Crippen molar-refractivity contribution in [3.8, 4) is 0 Å². The molecule has 0 aliphatic rings. The second-order valence-electron chi connectivity index (χ2n) is 4.70. The first-order chi connectivity index (χ1) is 9.85. The molecule has 1 aromatic carbocycles. The van der Waals surface area contributed by atoms with Gasteiger partial charge in [0.15, 0.2) is 13.2 Å². The van der Waals surface area contributed by atoms with Gasteiger partial charge in [-0.15, -0.1) is 0 Å². The molecule has 0 spiro atoms. The number of nitro groups is 1. The Morgan fingerprint density at radius 1 is 1.10 bits per heavy atom. The molecule has 0 unspecified atom stereocenters. The zero-order valence-corrected chi connectivity index (χ0v) is 11.9. The van der Waals surface area contributed by atoms with Gasteiger partial charge in [0.1, 0.15) is 0 Å². The molecule has 0 aliphatic carbocycles. The lowest BCUT2D eigenvalue weighted by atomic mass is 9.93. The van der Waals surface area contributed by atoms with Gasteiger partial charge in [0, 0.05) is 18.8 Å². The van der Waals surface area contributed by atoms with E-state index in [1.54, 1.807) is 30.3 Å². The molecule has 0 aromatic heterocycles. The average molecular weight is 295 g/mol. The SMILES string of the molecule is CC(=O)OCC(COC(C)=O)(Cc1ccccc1)[N+](=O)[O-]. The first-order valence-electron chi connectivity index (χ1n) is 6.31. The van der Waals surface area contributed by atoms with Crippen molar-refractivity contribution in [1.29, 1.82) is 0 Å². The van der Waals surface area contributed by atoms with Crippen molar-refractivity contribution in [2.45, 2.75) is 25.8 Å². The minimum absolute atomic E-state index is 0.0125. The maximum atomic E-state index is 11.5. The highest BCUT2D eigenvalue weighted by molar-refractivity contribution is 5.66. The molecule has 0 radical (unpaired) electrons. The monoisotopic (exact) mass is 295 g/mol. The first kappa shape index (κ1) is 16.6. The van der Waals surface area contributed by atoms with Crippen molar-refractivity contribution in [3.63, 3.8) is 0 Å². The Bertz CT molecular complexity index is 495. The van der Waals surface area contributed by atoms with Gasteiger partial charge in [0.25, 0.3) is 5.54 Å². The fraction of sp³-hybridized carbons (Fsp3) is 0.429. The smallest absolute Gasteiger partial charge is 0.302 e. The Hall–Kier alpha value is -2.44. The number of hydrogen-bond donors (Lipinski definition) is 0. The van der Waals surface area contributed by atoms with Gasteiger partial charge in [-0.2, -0.15) is 0 Å². The Morgan fingerprint density at radius 3 is 1.95 bits per heavy atom. The highest BCUT2D eigenvalue weighted by atomic mass is 16.6. The fourth-order valence-electron chi connectivity index (χ4n) is 1.76. The lowest BCUT2D eigenvalue weighted by Gasteiger charge is -2.24. The molecule has 1 aromatic rings. The van der Waals surface area contributed by atoms with Crippen LogP contribution < -0.4 is 0 Å². The van der Waals surface area contributed by atoms with E-state index in [1.807, 2.05) is 0 Å². The number of benzene rings is 1. The second-order valence-corrected chi connectivity index (χ2v) is 4.70. The van der Waals surface area contributed by atoms with Gasteiger partial charge >= 0.3 is 11.9 Å². The van der Waals surface area contributed by atoms with Crippen LogP contribution in [0.1, 0.15) is 19.4 Å². The van der Waals surface area contributed by atoms with Gasteiger partial charge in [0.05, 0.1) is 6.42 Å². The molecular formula is C14H17NO6. The largest absolute Gasteiger partial charge is 0.458 e. The molecular weight excluding hydrogens is 278 g/mol. The van der Waals surface area contributed by atoms with Crippen LogP contribution in [0.5, 0.6) is 0 Å². The molecule has 0 N–H and O–H groups in total. The predicted molar refractivity (Wildman–Crippen MR) is 73.1 cm³/mol. The van der Waals surface area contributed by atoms with Gasteiger partial charge in [-0.1, -0.05) is 30.3 Å². The Kier molecular flexibility index (Phi) is 5.83. The standard InChI is InChI=1S/C14H17NO6/c1-11(16)20-9-14(15(18)19,10-21-12(2)17)8-13-6-4-3-5-7-13/h3-7H,8-10H2,1-2H3. The summed E-state index contributed by atoms with van der Waals surface area (Å²) >= 11 is 0. The number of esters is 2. The quantitative estimate of drug-likeness (QED) is 0.428. The number of hydrogen-bond acceptors (Lipinski definition) is 6. The van der Waals surface area contributed by atoms with E-state index in [4.69, 9.17) is 9.47 Å². The zero-order valence-electron chi connectivity index (χ0n) is 11.9. The lowest BCUT2D eigenvalue weighted by Crippen LogP contribution is -2.50. The number of rotatable bonds is 7. The van der Waals surface area contributed by atoms with Gasteiger partial charge in [-0.25, -0.2) is 0 Å². The number of ether oxygens (including phenoxy) is 2. The summed E-state index contributed by atoms with van der Waals surface area (Å²) in [5, 5.41) is 11.5. The van der Waals surface area contributed by atoms with Gasteiger partial charge < -0.3 is 9.47 Å². The molecule has 7 nitrogen and oxygen atoms in total. The summed E-state index contributed by atoms with van der Waals surface area (Å²) in [7, 11) is 0.